The van der Waals surface area contributed by atoms with Gasteiger partial charge in [0.1, 0.15) is 22.8 Å². The quantitative estimate of drug-likeness (QED) is 0.0631. The van der Waals surface area contributed by atoms with E-state index in [1.807, 2.05) is 0 Å². The van der Waals surface area contributed by atoms with E-state index >= 15 is 0 Å². The van der Waals surface area contributed by atoms with Crippen molar-refractivity contribution in [1.29, 1.82) is 0 Å². The number of carbonyl (C=O) groups excluding carboxylic acids is 3. The van der Waals surface area contributed by atoms with Crippen LogP contribution >= 0.6 is 0 Å². The second-order valence-electron chi connectivity index (χ2n) is 13.0. The minimum atomic E-state index is -2.08. The Morgan fingerprint density at radius 1 is 1.10 bits per heavy atom. The maximum absolute atomic E-state index is 13.9. The molecule has 0 bridgehead atoms. The third-order valence-corrected chi connectivity index (χ3v) is 9.65. The van der Waals surface area contributed by atoms with Crippen LogP contribution in [0, 0.1) is 0 Å². The van der Waals surface area contributed by atoms with E-state index in [2.05, 4.69) is 17.5 Å². The van der Waals surface area contributed by atoms with Crippen molar-refractivity contribution in [1.82, 2.24) is 5.43 Å². The Morgan fingerprint density at radius 2 is 1.82 bits per heavy atom. The van der Waals surface area contributed by atoms with Gasteiger partial charge in [-0.3, -0.25) is 14.4 Å². The molecule has 14 nitrogen and oxygen atoms in total. The Bertz CT molecular complexity index is 1630. The van der Waals surface area contributed by atoms with Gasteiger partial charge in [-0.1, -0.05) is 44.7 Å². The number of hydrogen-bond donors (Lipinski definition) is 7. The number of hydrogen-bond acceptors (Lipinski definition) is 13. The number of nitrogens with one attached hydrogen (secondary N) is 1. The van der Waals surface area contributed by atoms with Gasteiger partial charge < -0.3 is 45.5 Å². The fourth-order valence-corrected chi connectivity index (χ4v) is 6.97. The van der Waals surface area contributed by atoms with Gasteiger partial charge in [0, 0.05) is 48.4 Å². The Balaban J connectivity index is 1.57. The highest BCUT2D eigenvalue weighted by molar-refractivity contribution is 6.31. The Labute approximate surface area is 283 Å². The van der Waals surface area contributed by atoms with Crippen molar-refractivity contribution in [2.75, 3.05) is 13.7 Å². The molecule has 1 saturated heterocycles. The monoisotopic (exact) mass is 683 g/mol. The number of amides is 1. The van der Waals surface area contributed by atoms with Crippen molar-refractivity contribution in [3.05, 3.63) is 51.6 Å². The van der Waals surface area contributed by atoms with Crippen LogP contribution in [0.5, 0.6) is 17.2 Å². The molecule has 1 amide bonds. The summed E-state index contributed by atoms with van der Waals surface area (Å²) in [5.41, 5.74) is 4.93. The molecule has 2 aliphatic carbocycles. The number of phenols is 2. The molecule has 49 heavy (non-hydrogen) atoms. The van der Waals surface area contributed by atoms with Crippen LogP contribution in [-0.2, 0) is 20.7 Å². The molecule has 2 aromatic rings. The van der Waals surface area contributed by atoms with Crippen molar-refractivity contribution in [3.63, 3.8) is 0 Å². The van der Waals surface area contributed by atoms with Crippen molar-refractivity contribution in [3.8, 4) is 17.2 Å². The molecular formula is C35H45N3O11. The summed E-state index contributed by atoms with van der Waals surface area (Å²) in [5.74, 6) is -3.14. The normalized spacial score (nSPS) is 26.5. The van der Waals surface area contributed by atoms with E-state index in [1.54, 1.807) is 6.92 Å². The van der Waals surface area contributed by atoms with Crippen LogP contribution in [0.15, 0.2) is 23.3 Å². The number of benzene rings is 2. The molecule has 3 aliphatic rings. The molecule has 14 heteroatoms. The number of phenolic OH excluding ortho intramolecular Hbond substituents is 2. The standard InChI is InChI=1S/C35H45N3O11/c1-4-5-6-7-8-12-24(40)38-37-23(16-39)35(46)14-19-27(22(15-35)49-25-13-20(36)30(41)17(2)48-25)34(45)29-28(32(19)43)31(42)18-10-9-11-21(47-3)26(18)33(29)44/h9-11,17,20,22,25,30,39,41,43,45-46H,4-8,12-16,36H2,1-3H3,(H,38,40)/b37-23+/t17-,20-,22-,25?,30+,35-/m0/s1. The SMILES string of the molecule is CCCCCCCC(=O)N/N=C(\CO)[C@]1(O)Cc2c(O)c3c(c(O)c2[C@@H](OC2C[C@H](N)[C@H](O)[C@H](C)O2)C1)C(=O)c1c(OC)cccc1C3=O. The average Bonchev–Trinajstić information content (AvgIpc) is 3.07. The molecule has 0 aromatic heterocycles. The van der Waals surface area contributed by atoms with E-state index in [-0.39, 0.29) is 53.0 Å². The van der Waals surface area contributed by atoms with E-state index in [0.717, 1.165) is 25.7 Å². The van der Waals surface area contributed by atoms with E-state index < -0.39 is 89.4 Å². The van der Waals surface area contributed by atoms with Gasteiger partial charge in [-0.15, -0.1) is 0 Å². The van der Waals surface area contributed by atoms with E-state index in [9.17, 15) is 39.9 Å². The molecule has 266 valence electrons. The number of aliphatic hydroxyl groups excluding tert-OH is 2. The fraction of sp³-hybridized carbons (Fsp3) is 0.543. The third-order valence-electron chi connectivity index (χ3n) is 9.65. The molecule has 0 radical (unpaired) electrons. The Morgan fingerprint density at radius 3 is 2.49 bits per heavy atom. The second kappa shape index (κ2) is 14.9. The minimum Gasteiger partial charge on any atom is -0.507 e. The molecule has 1 aliphatic heterocycles. The number of fused-ring (bicyclic) bond motifs is 3. The highest BCUT2D eigenvalue weighted by Crippen LogP contribution is 2.52. The van der Waals surface area contributed by atoms with E-state index in [1.165, 1.54) is 25.3 Å². The molecule has 6 atom stereocenters. The van der Waals surface area contributed by atoms with Crippen LogP contribution in [0.2, 0.25) is 0 Å². The molecule has 1 fully saturated rings. The van der Waals surface area contributed by atoms with Gasteiger partial charge >= 0.3 is 0 Å². The van der Waals surface area contributed by atoms with Crippen molar-refractivity contribution < 1.29 is 54.1 Å². The first-order valence-electron chi connectivity index (χ1n) is 16.7. The summed E-state index contributed by atoms with van der Waals surface area (Å²) >= 11 is 0. The maximum Gasteiger partial charge on any atom is 0.240 e. The van der Waals surface area contributed by atoms with Crippen molar-refractivity contribution in [2.45, 2.75) is 108 Å². The second-order valence-corrected chi connectivity index (χ2v) is 13.0. The van der Waals surface area contributed by atoms with E-state index in [4.69, 9.17) is 19.9 Å². The topological polar surface area (TPSA) is 230 Å². The molecule has 2 aromatic carbocycles. The molecule has 5 rings (SSSR count). The highest BCUT2D eigenvalue weighted by atomic mass is 16.7. The van der Waals surface area contributed by atoms with Crippen LogP contribution in [-0.4, -0.2) is 92.6 Å². The van der Waals surface area contributed by atoms with Gasteiger partial charge in [-0.05, 0) is 19.4 Å². The first-order chi connectivity index (χ1) is 23.4. The molecule has 1 heterocycles. The smallest absolute Gasteiger partial charge is 0.240 e. The lowest BCUT2D eigenvalue weighted by molar-refractivity contribution is -0.245. The van der Waals surface area contributed by atoms with Crippen LogP contribution in [0.25, 0.3) is 0 Å². The molecule has 0 saturated carbocycles. The zero-order valence-electron chi connectivity index (χ0n) is 27.9. The van der Waals surface area contributed by atoms with Gasteiger partial charge in [-0.2, -0.15) is 5.10 Å². The maximum atomic E-state index is 13.9. The number of nitrogens with zero attached hydrogens (tertiary/aromatic N) is 1. The summed E-state index contributed by atoms with van der Waals surface area (Å²) in [6.07, 6.45) is -0.138. The third kappa shape index (κ3) is 6.94. The van der Waals surface area contributed by atoms with Crippen molar-refractivity contribution in [2.24, 2.45) is 10.8 Å². The number of ether oxygens (including phenoxy) is 3. The largest absolute Gasteiger partial charge is 0.507 e. The zero-order valence-corrected chi connectivity index (χ0v) is 27.9. The number of rotatable bonds is 12. The number of carbonyl (C=O) groups is 3. The summed E-state index contributed by atoms with van der Waals surface area (Å²) in [6.45, 7) is 2.89. The summed E-state index contributed by atoms with van der Waals surface area (Å²) < 4.78 is 17.4. The first-order valence-corrected chi connectivity index (χ1v) is 16.7. The Kier molecular flexibility index (Phi) is 11.1. The van der Waals surface area contributed by atoms with Gasteiger partial charge in [-0.25, -0.2) is 5.43 Å². The fourth-order valence-electron chi connectivity index (χ4n) is 6.97. The molecule has 0 spiro atoms. The summed E-state index contributed by atoms with van der Waals surface area (Å²) in [7, 11) is 1.33. The zero-order chi connectivity index (χ0) is 35.6. The van der Waals surface area contributed by atoms with Crippen LogP contribution < -0.4 is 15.9 Å². The predicted molar refractivity (Wildman–Crippen MR) is 176 cm³/mol. The number of aromatic hydroxyl groups is 2. The van der Waals surface area contributed by atoms with E-state index in [0.29, 0.717) is 6.42 Å². The van der Waals surface area contributed by atoms with Gasteiger partial charge in [0.25, 0.3) is 0 Å². The minimum absolute atomic E-state index is 0.0186. The lowest BCUT2D eigenvalue weighted by Gasteiger charge is -2.43. The number of methoxy groups -OCH3 is 1. The van der Waals surface area contributed by atoms with Crippen LogP contribution in [0.3, 0.4) is 0 Å². The Hall–Kier alpha value is -3.92. The molecule has 8 N–H and O–H groups in total. The van der Waals surface area contributed by atoms with Crippen LogP contribution in [0.4, 0.5) is 0 Å². The lowest BCUT2D eigenvalue weighted by Crippen LogP contribution is -2.53. The van der Waals surface area contributed by atoms with Crippen LogP contribution in [0.1, 0.15) is 114 Å². The number of nitrogens with two attached hydrogens (primary N) is 1. The van der Waals surface area contributed by atoms with Gasteiger partial charge in [0.15, 0.2) is 12.1 Å². The summed E-state index contributed by atoms with van der Waals surface area (Å²) in [4.78, 5) is 40.3. The number of aliphatic hydroxyl groups is 3. The average molecular weight is 684 g/mol. The van der Waals surface area contributed by atoms with Gasteiger partial charge in [0.2, 0.25) is 11.7 Å². The molecule has 1 unspecified atom stereocenters. The highest BCUT2D eigenvalue weighted by Gasteiger charge is 2.49. The molecular weight excluding hydrogens is 638 g/mol. The number of hydrazone groups is 1. The number of unbranched alkanes of at least 4 members (excludes halogenated alkanes) is 4. The number of ketones is 2. The predicted octanol–water partition coefficient (Wildman–Crippen LogP) is 2.26. The van der Waals surface area contributed by atoms with Gasteiger partial charge in [0.05, 0.1) is 54.4 Å². The lowest BCUT2D eigenvalue weighted by atomic mass is 9.71. The summed E-state index contributed by atoms with van der Waals surface area (Å²) in [5, 5.41) is 60.3. The first kappa shape index (κ1) is 36.4. The summed E-state index contributed by atoms with van der Waals surface area (Å²) in [6, 6.07) is 3.68. The van der Waals surface area contributed by atoms with Crippen molar-refractivity contribution >= 4 is 23.2 Å².